The van der Waals surface area contributed by atoms with Crippen LogP contribution in [-0.4, -0.2) is 23.2 Å². The van der Waals surface area contributed by atoms with E-state index in [4.69, 9.17) is 0 Å². The molecule has 100 valence electrons. The van der Waals surface area contributed by atoms with Gasteiger partial charge in [-0.1, -0.05) is 32.1 Å². The second-order valence-electron chi connectivity index (χ2n) is 5.69. The molecule has 18 heavy (non-hydrogen) atoms. The topological polar surface area (TPSA) is 73.1 Å². The molecule has 2 aliphatic rings. The lowest BCUT2D eigenvalue weighted by Crippen LogP contribution is -2.48. The van der Waals surface area contributed by atoms with Crippen molar-refractivity contribution in [3.05, 3.63) is 0 Å². The maximum atomic E-state index is 12.3. The van der Waals surface area contributed by atoms with Gasteiger partial charge in [-0.2, -0.15) is 5.26 Å². The van der Waals surface area contributed by atoms with Crippen molar-refractivity contribution >= 4 is 5.91 Å². The molecule has 4 heteroatoms. The zero-order valence-electron chi connectivity index (χ0n) is 10.8. The minimum Gasteiger partial charge on any atom is -0.391 e. The summed E-state index contributed by atoms with van der Waals surface area (Å²) in [7, 11) is 0. The summed E-state index contributed by atoms with van der Waals surface area (Å²) in [4.78, 5) is 12.3. The summed E-state index contributed by atoms with van der Waals surface area (Å²) in [5.74, 6) is -0.159. The first kappa shape index (κ1) is 13.4. The van der Waals surface area contributed by atoms with E-state index in [0.29, 0.717) is 12.8 Å². The molecule has 2 atom stereocenters. The number of hydrogen-bond donors (Lipinski definition) is 2. The van der Waals surface area contributed by atoms with Crippen LogP contribution in [0.5, 0.6) is 0 Å². The van der Waals surface area contributed by atoms with Crippen molar-refractivity contribution in [2.75, 3.05) is 0 Å². The van der Waals surface area contributed by atoms with Crippen LogP contribution in [0.15, 0.2) is 0 Å². The van der Waals surface area contributed by atoms with Crippen molar-refractivity contribution in [2.24, 2.45) is 5.41 Å². The van der Waals surface area contributed by atoms with Gasteiger partial charge in [-0.15, -0.1) is 0 Å². The van der Waals surface area contributed by atoms with Gasteiger partial charge in [0.15, 0.2) is 0 Å². The first-order valence-corrected chi connectivity index (χ1v) is 7.08. The third-order valence-electron chi connectivity index (χ3n) is 4.40. The SMILES string of the molecule is N#CC1(C(=O)NC2CCCCCC2O)CCCC1. The molecule has 0 saturated heterocycles. The molecule has 2 unspecified atom stereocenters. The van der Waals surface area contributed by atoms with Crippen LogP contribution in [0, 0.1) is 16.7 Å². The minimum atomic E-state index is -0.827. The summed E-state index contributed by atoms with van der Waals surface area (Å²) in [5, 5.41) is 22.2. The normalized spacial score (nSPS) is 31.3. The summed E-state index contributed by atoms with van der Waals surface area (Å²) in [6.45, 7) is 0. The number of hydrogen-bond acceptors (Lipinski definition) is 3. The molecule has 0 spiro atoms. The maximum Gasteiger partial charge on any atom is 0.240 e. The molecule has 0 radical (unpaired) electrons. The number of nitrogens with one attached hydrogen (secondary N) is 1. The van der Waals surface area contributed by atoms with Crippen LogP contribution in [0.1, 0.15) is 57.8 Å². The van der Waals surface area contributed by atoms with Gasteiger partial charge in [-0.05, 0) is 25.7 Å². The molecule has 0 heterocycles. The molecule has 4 nitrogen and oxygen atoms in total. The van der Waals surface area contributed by atoms with Crippen molar-refractivity contribution in [1.29, 1.82) is 5.26 Å². The highest BCUT2D eigenvalue weighted by Crippen LogP contribution is 2.38. The van der Waals surface area contributed by atoms with Crippen LogP contribution < -0.4 is 5.32 Å². The van der Waals surface area contributed by atoms with Crippen LogP contribution in [0.4, 0.5) is 0 Å². The van der Waals surface area contributed by atoms with Crippen molar-refractivity contribution in [3.8, 4) is 6.07 Å². The van der Waals surface area contributed by atoms with Gasteiger partial charge in [-0.25, -0.2) is 0 Å². The van der Waals surface area contributed by atoms with E-state index in [0.717, 1.165) is 44.9 Å². The number of rotatable bonds is 2. The molecule has 0 aliphatic heterocycles. The van der Waals surface area contributed by atoms with E-state index < -0.39 is 11.5 Å². The van der Waals surface area contributed by atoms with Gasteiger partial charge in [0, 0.05) is 0 Å². The van der Waals surface area contributed by atoms with E-state index in [1.807, 2.05) is 0 Å². The third-order valence-corrected chi connectivity index (χ3v) is 4.40. The van der Waals surface area contributed by atoms with Crippen molar-refractivity contribution in [3.63, 3.8) is 0 Å². The number of nitriles is 1. The molecule has 2 fully saturated rings. The molecule has 2 aliphatic carbocycles. The summed E-state index contributed by atoms with van der Waals surface area (Å²) < 4.78 is 0. The number of carbonyl (C=O) groups is 1. The quantitative estimate of drug-likeness (QED) is 0.735. The van der Waals surface area contributed by atoms with E-state index >= 15 is 0 Å². The Morgan fingerprint density at radius 2 is 1.83 bits per heavy atom. The average molecular weight is 250 g/mol. The Bertz CT molecular complexity index is 342. The van der Waals surface area contributed by atoms with Gasteiger partial charge in [-0.3, -0.25) is 4.79 Å². The summed E-state index contributed by atoms with van der Waals surface area (Å²) in [6.07, 6.45) is 7.55. The summed E-state index contributed by atoms with van der Waals surface area (Å²) in [5.41, 5.74) is -0.827. The second-order valence-corrected chi connectivity index (χ2v) is 5.69. The van der Waals surface area contributed by atoms with Crippen LogP contribution in [0.3, 0.4) is 0 Å². The Balaban J connectivity index is 1.99. The molecular weight excluding hydrogens is 228 g/mol. The molecule has 0 aromatic heterocycles. The number of nitrogens with zero attached hydrogens (tertiary/aromatic N) is 1. The number of aliphatic hydroxyl groups excluding tert-OH is 1. The van der Waals surface area contributed by atoms with E-state index in [-0.39, 0.29) is 11.9 Å². The predicted octanol–water partition coefficient (Wildman–Crippen LogP) is 1.88. The minimum absolute atomic E-state index is 0.159. The second kappa shape index (κ2) is 5.71. The molecule has 2 N–H and O–H groups in total. The van der Waals surface area contributed by atoms with Gasteiger partial charge in [0.05, 0.1) is 18.2 Å². The molecule has 0 bridgehead atoms. The first-order chi connectivity index (χ1) is 8.68. The molecule has 2 saturated carbocycles. The van der Waals surface area contributed by atoms with E-state index in [1.165, 1.54) is 0 Å². The monoisotopic (exact) mass is 250 g/mol. The van der Waals surface area contributed by atoms with Crippen LogP contribution in [0.2, 0.25) is 0 Å². The largest absolute Gasteiger partial charge is 0.391 e. The Hall–Kier alpha value is -1.08. The van der Waals surface area contributed by atoms with Gasteiger partial charge in [0.2, 0.25) is 5.91 Å². The predicted molar refractivity (Wildman–Crippen MR) is 67.5 cm³/mol. The van der Waals surface area contributed by atoms with Crippen molar-refractivity contribution in [1.82, 2.24) is 5.32 Å². The smallest absolute Gasteiger partial charge is 0.240 e. The fraction of sp³-hybridized carbons (Fsp3) is 0.857. The lowest BCUT2D eigenvalue weighted by atomic mass is 9.86. The molecular formula is C14H22N2O2. The molecule has 0 aromatic carbocycles. The van der Waals surface area contributed by atoms with Gasteiger partial charge in [0.1, 0.15) is 5.41 Å². The lowest BCUT2D eigenvalue weighted by molar-refractivity contribution is -0.129. The highest BCUT2D eigenvalue weighted by molar-refractivity contribution is 5.86. The Morgan fingerprint density at radius 3 is 2.50 bits per heavy atom. The first-order valence-electron chi connectivity index (χ1n) is 7.08. The van der Waals surface area contributed by atoms with Crippen molar-refractivity contribution in [2.45, 2.75) is 69.9 Å². The Morgan fingerprint density at radius 1 is 1.17 bits per heavy atom. The van der Waals surface area contributed by atoms with E-state index in [2.05, 4.69) is 11.4 Å². The van der Waals surface area contributed by atoms with E-state index in [1.54, 1.807) is 0 Å². The Kier molecular flexibility index (Phi) is 4.23. The number of amides is 1. The zero-order chi connectivity index (χ0) is 13.0. The van der Waals surface area contributed by atoms with Crippen LogP contribution >= 0.6 is 0 Å². The highest BCUT2D eigenvalue weighted by Gasteiger charge is 2.42. The fourth-order valence-electron chi connectivity index (χ4n) is 3.13. The summed E-state index contributed by atoms with van der Waals surface area (Å²) in [6, 6.07) is 2.04. The fourth-order valence-corrected chi connectivity index (χ4v) is 3.13. The van der Waals surface area contributed by atoms with Gasteiger partial charge < -0.3 is 10.4 Å². The van der Waals surface area contributed by atoms with E-state index in [9.17, 15) is 15.2 Å². The number of aliphatic hydroxyl groups is 1. The number of carbonyl (C=O) groups excluding carboxylic acids is 1. The highest BCUT2D eigenvalue weighted by atomic mass is 16.3. The molecule has 0 aromatic rings. The zero-order valence-corrected chi connectivity index (χ0v) is 10.8. The molecule has 1 amide bonds. The van der Waals surface area contributed by atoms with Gasteiger partial charge in [0.25, 0.3) is 0 Å². The third kappa shape index (κ3) is 2.67. The maximum absolute atomic E-state index is 12.3. The Labute approximate surface area is 108 Å². The lowest BCUT2D eigenvalue weighted by Gasteiger charge is -2.26. The van der Waals surface area contributed by atoms with Gasteiger partial charge >= 0.3 is 0 Å². The average Bonchev–Trinajstić information content (AvgIpc) is 2.78. The summed E-state index contributed by atoms with van der Waals surface area (Å²) >= 11 is 0. The standard InChI is InChI=1S/C14H22N2O2/c15-10-14(8-4-5-9-14)13(18)16-11-6-2-1-3-7-12(11)17/h11-12,17H,1-9H2,(H,16,18). The van der Waals surface area contributed by atoms with Crippen molar-refractivity contribution < 1.29 is 9.90 Å². The van der Waals surface area contributed by atoms with Crippen LogP contribution in [0.25, 0.3) is 0 Å². The van der Waals surface area contributed by atoms with Crippen LogP contribution in [-0.2, 0) is 4.79 Å². The molecule has 2 rings (SSSR count).